The SMILES string of the molecule is Cc1ccc(C#Cc2ccc(C#Cc3cc(F)c(CC4CCC(C)CC4)c(F)c3)cc2)cc1. The molecule has 0 spiro atoms. The zero-order chi connectivity index (χ0) is 23.2. The molecule has 0 saturated heterocycles. The minimum Gasteiger partial charge on any atom is -0.207 e. The quantitative estimate of drug-likeness (QED) is 0.365. The summed E-state index contributed by atoms with van der Waals surface area (Å²) in [4.78, 5) is 0. The lowest BCUT2D eigenvalue weighted by Gasteiger charge is -2.26. The van der Waals surface area contributed by atoms with Crippen LogP contribution in [0.3, 0.4) is 0 Å². The Hall–Kier alpha value is -3.36. The molecule has 0 amide bonds. The maximum atomic E-state index is 14.6. The molecule has 2 heteroatoms. The molecule has 0 atom stereocenters. The van der Waals surface area contributed by atoms with Gasteiger partial charge in [-0.3, -0.25) is 0 Å². The molecule has 1 fully saturated rings. The standard InChI is InChI=1S/C31H28F2/c1-22-3-7-24(8-4-22)11-12-25-13-15-26(16-14-25)17-18-28-20-30(32)29(31(33)21-28)19-27-9-5-23(2)6-10-27/h3-4,7-8,13-16,20-21,23,27H,5-6,9-10,19H2,1-2H3. The van der Waals surface area contributed by atoms with Crippen molar-refractivity contribution in [2.75, 3.05) is 0 Å². The lowest BCUT2D eigenvalue weighted by Crippen LogP contribution is -2.15. The third-order valence-electron chi connectivity index (χ3n) is 6.41. The van der Waals surface area contributed by atoms with Gasteiger partial charge < -0.3 is 0 Å². The number of aryl methyl sites for hydroxylation is 1. The lowest BCUT2D eigenvalue weighted by molar-refractivity contribution is 0.285. The van der Waals surface area contributed by atoms with Crippen LogP contribution in [0.2, 0.25) is 0 Å². The average molecular weight is 439 g/mol. The monoisotopic (exact) mass is 438 g/mol. The number of rotatable bonds is 2. The van der Waals surface area contributed by atoms with Gasteiger partial charge in [0, 0.05) is 27.8 Å². The molecule has 0 aliphatic heterocycles. The first kappa shape index (κ1) is 22.8. The van der Waals surface area contributed by atoms with Gasteiger partial charge in [-0.25, -0.2) is 8.78 Å². The Morgan fingerprint density at radius 1 is 0.667 bits per heavy atom. The Bertz CT molecular complexity index is 1200. The van der Waals surface area contributed by atoms with Crippen LogP contribution in [0.1, 0.15) is 66.0 Å². The lowest BCUT2D eigenvalue weighted by atomic mass is 9.80. The van der Waals surface area contributed by atoms with E-state index < -0.39 is 11.6 Å². The van der Waals surface area contributed by atoms with Gasteiger partial charge in [0.1, 0.15) is 11.6 Å². The van der Waals surface area contributed by atoms with Crippen molar-refractivity contribution >= 4 is 0 Å². The molecule has 0 unspecified atom stereocenters. The maximum Gasteiger partial charge on any atom is 0.130 e. The first-order chi connectivity index (χ1) is 16.0. The van der Waals surface area contributed by atoms with Gasteiger partial charge in [-0.15, -0.1) is 0 Å². The van der Waals surface area contributed by atoms with Gasteiger partial charge in [0.2, 0.25) is 0 Å². The van der Waals surface area contributed by atoms with E-state index >= 15 is 0 Å². The molecule has 1 saturated carbocycles. The molecule has 33 heavy (non-hydrogen) atoms. The van der Waals surface area contributed by atoms with E-state index in [0.717, 1.165) is 48.3 Å². The van der Waals surface area contributed by atoms with Crippen LogP contribution in [0.15, 0.2) is 60.7 Å². The van der Waals surface area contributed by atoms with E-state index in [1.807, 2.05) is 55.5 Å². The Morgan fingerprint density at radius 2 is 1.09 bits per heavy atom. The van der Waals surface area contributed by atoms with E-state index in [9.17, 15) is 8.78 Å². The zero-order valence-corrected chi connectivity index (χ0v) is 19.2. The van der Waals surface area contributed by atoms with E-state index in [1.54, 1.807) is 0 Å². The van der Waals surface area contributed by atoms with Crippen molar-refractivity contribution in [2.24, 2.45) is 11.8 Å². The van der Waals surface area contributed by atoms with Crippen molar-refractivity contribution in [2.45, 2.75) is 46.0 Å². The number of halogens is 2. The summed E-state index contributed by atoms with van der Waals surface area (Å²) in [5.74, 6) is 12.3. The molecule has 0 nitrogen and oxygen atoms in total. The van der Waals surface area contributed by atoms with Gasteiger partial charge in [0.05, 0.1) is 0 Å². The normalized spacial score (nSPS) is 17.5. The molecule has 0 heterocycles. The Labute approximate surface area is 196 Å². The second kappa shape index (κ2) is 10.5. The molecule has 1 aliphatic rings. The summed E-state index contributed by atoms with van der Waals surface area (Å²) < 4.78 is 29.3. The Balaban J connectivity index is 1.43. The molecule has 4 rings (SSSR count). The Kier molecular flexibility index (Phi) is 7.26. The van der Waals surface area contributed by atoms with Gasteiger partial charge in [0.25, 0.3) is 0 Å². The highest BCUT2D eigenvalue weighted by Gasteiger charge is 2.21. The highest BCUT2D eigenvalue weighted by Crippen LogP contribution is 2.32. The zero-order valence-electron chi connectivity index (χ0n) is 19.2. The second-order valence-corrected chi connectivity index (χ2v) is 9.19. The van der Waals surface area contributed by atoms with Crippen LogP contribution in [0.25, 0.3) is 0 Å². The van der Waals surface area contributed by atoms with Crippen molar-refractivity contribution in [1.82, 2.24) is 0 Å². The molecule has 166 valence electrons. The van der Waals surface area contributed by atoms with E-state index in [1.165, 1.54) is 17.7 Å². The summed E-state index contributed by atoms with van der Waals surface area (Å²) in [7, 11) is 0. The fourth-order valence-electron chi connectivity index (χ4n) is 4.25. The minimum absolute atomic E-state index is 0.205. The summed E-state index contributed by atoms with van der Waals surface area (Å²) >= 11 is 0. The summed E-state index contributed by atoms with van der Waals surface area (Å²) in [5, 5.41) is 0. The molecule has 0 radical (unpaired) electrons. The number of hydrogen-bond donors (Lipinski definition) is 0. The highest BCUT2D eigenvalue weighted by atomic mass is 19.1. The van der Waals surface area contributed by atoms with Crippen LogP contribution in [-0.4, -0.2) is 0 Å². The topological polar surface area (TPSA) is 0 Å². The average Bonchev–Trinajstić information content (AvgIpc) is 2.81. The van der Waals surface area contributed by atoms with Crippen molar-refractivity contribution in [1.29, 1.82) is 0 Å². The van der Waals surface area contributed by atoms with Crippen molar-refractivity contribution in [3.8, 4) is 23.7 Å². The fourth-order valence-corrected chi connectivity index (χ4v) is 4.25. The van der Waals surface area contributed by atoms with Crippen LogP contribution in [0.5, 0.6) is 0 Å². The predicted molar refractivity (Wildman–Crippen MR) is 131 cm³/mol. The molecular formula is C31H28F2. The number of hydrogen-bond acceptors (Lipinski definition) is 0. The van der Waals surface area contributed by atoms with Crippen molar-refractivity contribution in [3.63, 3.8) is 0 Å². The largest absolute Gasteiger partial charge is 0.207 e. The highest BCUT2D eigenvalue weighted by molar-refractivity contribution is 5.48. The van der Waals surface area contributed by atoms with Gasteiger partial charge in [-0.05, 0) is 86.6 Å². The first-order valence-electron chi connectivity index (χ1n) is 11.6. The third-order valence-corrected chi connectivity index (χ3v) is 6.41. The minimum atomic E-state index is -0.486. The molecule has 0 bridgehead atoms. The Morgan fingerprint density at radius 3 is 1.58 bits per heavy atom. The predicted octanol–water partition coefficient (Wildman–Crippen LogP) is 7.44. The molecule has 3 aromatic rings. The molecule has 3 aromatic carbocycles. The van der Waals surface area contributed by atoms with E-state index in [2.05, 4.69) is 30.6 Å². The van der Waals surface area contributed by atoms with Crippen LogP contribution < -0.4 is 0 Å². The van der Waals surface area contributed by atoms with E-state index in [-0.39, 0.29) is 5.56 Å². The maximum absolute atomic E-state index is 14.6. The summed E-state index contributed by atoms with van der Waals surface area (Å²) in [6.07, 6.45) is 4.87. The smallest absolute Gasteiger partial charge is 0.130 e. The van der Waals surface area contributed by atoms with Crippen LogP contribution in [0, 0.1) is 54.1 Å². The molecule has 0 aromatic heterocycles. The fraction of sp³-hybridized carbons (Fsp3) is 0.290. The van der Waals surface area contributed by atoms with Crippen LogP contribution >= 0.6 is 0 Å². The van der Waals surface area contributed by atoms with E-state index in [0.29, 0.717) is 17.9 Å². The second-order valence-electron chi connectivity index (χ2n) is 9.19. The molecular weight excluding hydrogens is 410 g/mol. The summed E-state index contributed by atoms with van der Waals surface area (Å²) in [5.41, 5.74) is 4.40. The summed E-state index contributed by atoms with van der Waals surface area (Å²) in [6.45, 7) is 4.29. The van der Waals surface area contributed by atoms with Gasteiger partial charge in [-0.2, -0.15) is 0 Å². The molecule has 0 N–H and O–H groups in total. The van der Waals surface area contributed by atoms with Crippen molar-refractivity contribution in [3.05, 3.63) is 106 Å². The third kappa shape index (κ3) is 6.34. The first-order valence-corrected chi connectivity index (χ1v) is 11.6. The molecule has 1 aliphatic carbocycles. The van der Waals surface area contributed by atoms with Crippen molar-refractivity contribution < 1.29 is 8.78 Å². The van der Waals surface area contributed by atoms with Gasteiger partial charge in [0.15, 0.2) is 0 Å². The van der Waals surface area contributed by atoms with E-state index in [4.69, 9.17) is 0 Å². The summed E-state index contributed by atoms with van der Waals surface area (Å²) in [6, 6.07) is 18.4. The number of benzene rings is 3. The van der Waals surface area contributed by atoms with Crippen LogP contribution in [0.4, 0.5) is 8.78 Å². The van der Waals surface area contributed by atoms with Crippen LogP contribution in [-0.2, 0) is 6.42 Å². The van der Waals surface area contributed by atoms with Gasteiger partial charge in [-0.1, -0.05) is 61.1 Å². The van der Waals surface area contributed by atoms with Gasteiger partial charge >= 0.3 is 0 Å².